The number of aromatic nitrogens is 2. The van der Waals surface area contributed by atoms with Gasteiger partial charge < -0.3 is 10.4 Å². The molecule has 100 valence electrons. The molecule has 0 aliphatic carbocycles. The molecule has 0 fully saturated rings. The zero-order valence-corrected chi connectivity index (χ0v) is 10.9. The number of aromatic amines is 1. The molecule has 1 aromatic heterocycles. The largest absolute Gasteiger partial charge is 0.481 e. The highest BCUT2D eigenvalue weighted by Gasteiger charge is 2.14. The van der Waals surface area contributed by atoms with Gasteiger partial charge in [-0.25, -0.2) is 0 Å². The molecule has 0 saturated carbocycles. The third kappa shape index (κ3) is 4.20. The summed E-state index contributed by atoms with van der Waals surface area (Å²) < 4.78 is 0. The van der Waals surface area contributed by atoms with Crippen LogP contribution in [0.4, 0.5) is 0 Å². The lowest BCUT2D eigenvalue weighted by atomic mass is 10.1. The summed E-state index contributed by atoms with van der Waals surface area (Å²) in [7, 11) is 0. The van der Waals surface area contributed by atoms with Crippen molar-refractivity contribution in [3.63, 3.8) is 0 Å². The second-order valence-corrected chi connectivity index (χ2v) is 4.78. The lowest BCUT2D eigenvalue weighted by molar-refractivity contribution is -0.137. The summed E-state index contributed by atoms with van der Waals surface area (Å²) >= 11 is 0. The van der Waals surface area contributed by atoms with Crippen LogP contribution in [0, 0.1) is 5.92 Å². The number of nitrogens with zero attached hydrogens (tertiary/aromatic N) is 1. The summed E-state index contributed by atoms with van der Waals surface area (Å²) in [6.45, 7) is 6.11. The molecule has 0 aliphatic heterocycles. The molecule has 0 aliphatic rings. The van der Waals surface area contributed by atoms with Crippen LogP contribution in [0.1, 0.15) is 49.3 Å². The van der Waals surface area contributed by atoms with Gasteiger partial charge in [0.15, 0.2) is 0 Å². The summed E-state index contributed by atoms with van der Waals surface area (Å²) in [5.41, 5.74) is 1.24. The van der Waals surface area contributed by atoms with E-state index in [-0.39, 0.29) is 24.2 Å². The standard InChI is InChI=1S/C12H19N3O3/c1-7(2)9-5-10(15-14-9)12(18)13-6-8(3)4-11(16)17/h5,7-8H,4,6H2,1-3H3,(H,13,18)(H,14,15)(H,16,17). The smallest absolute Gasteiger partial charge is 0.303 e. The van der Waals surface area contributed by atoms with Crippen LogP contribution < -0.4 is 5.32 Å². The Morgan fingerprint density at radius 1 is 1.44 bits per heavy atom. The fourth-order valence-electron chi connectivity index (χ4n) is 1.48. The molecule has 18 heavy (non-hydrogen) atoms. The Morgan fingerprint density at radius 3 is 2.61 bits per heavy atom. The Balaban J connectivity index is 2.47. The second-order valence-electron chi connectivity index (χ2n) is 4.78. The number of rotatable bonds is 6. The molecular formula is C12H19N3O3. The number of H-pyrrole nitrogens is 1. The maximum atomic E-state index is 11.7. The van der Waals surface area contributed by atoms with Crippen LogP contribution in [0.5, 0.6) is 0 Å². The van der Waals surface area contributed by atoms with Gasteiger partial charge in [0.1, 0.15) is 5.69 Å². The van der Waals surface area contributed by atoms with Crippen molar-refractivity contribution in [1.82, 2.24) is 15.5 Å². The third-order valence-electron chi connectivity index (χ3n) is 2.59. The van der Waals surface area contributed by atoms with Gasteiger partial charge in [0.05, 0.1) is 0 Å². The number of carboxylic acid groups (broad SMARTS) is 1. The molecule has 0 radical (unpaired) electrons. The maximum absolute atomic E-state index is 11.7. The Morgan fingerprint density at radius 2 is 2.11 bits per heavy atom. The molecule has 1 aromatic rings. The van der Waals surface area contributed by atoms with Crippen LogP contribution in [0.2, 0.25) is 0 Å². The highest BCUT2D eigenvalue weighted by atomic mass is 16.4. The molecule has 0 saturated heterocycles. The molecular weight excluding hydrogens is 234 g/mol. The molecule has 0 aromatic carbocycles. The maximum Gasteiger partial charge on any atom is 0.303 e. The van der Waals surface area contributed by atoms with Crippen LogP contribution in [-0.4, -0.2) is 33.7 Å². The molecule has 1 unspecified atom stereocenters. The lowest BCUT2D eigenvalue weighted by Crippen LogP contribution is -2.29. The quantitative estimate of drug-likeness (QED) is 0.713. The average molecular weight is 253 g/mol. The molecule has 1 amide bonds. The monoisotopic (exact) mass is 253 g/mol. The van der Waals surface area contributed by atoms with E-state index in [0.717, 1.165) is 5.69 Å². The van der Waals surface area contributed by atoms with Crippen molar-refractivity contribution in [1.29, 1.82) is 0 Å². The summed E-state index contributed by atoms with van der Waals surface area (Å²) in [6.07, 6.45) is 0.0398. The zero-order valence-electron chi connectivity index (χ0n) is 10.9. The number of aliphatic carboxylic acids is 1. The highest BCUT2D eigenvalue weighted by Crippen LogP contribution is 2.11. The van der Waals surface area contributed by atoms with E-state index in [1.807, 2.05) is 13.8 Å². The van der Waals surface area contributed by atoms with Crippen LogP contribution in [-0.2, 0) is 4.79 Å². The van der Waals surface area contributed by atoms with E-state index < -0.39 is 5.97 Å². The number of carbonyl (C=O) groups excluding carboxylic acids is 1. The van der Waals surface area contributed by atoms with Gasteiger partial charge >= 0.3 is 5.97 Å². The van der Waals surface area contributed by atoms with Crippen LogP contribution in [0.15, 0.2) is 6.07 Å². The van der Waals surface area contributed by atoms with Gasteiger partial charge in [-0.05, 0) is 17.9 Å². The molecule has 3 N–H and O–H groups in total. The number of hydrogen-bond acceptors (Lipinski definition) is 3. The third-order valence-corrected chi connectivity index (χ3v) is 2.59. The fraction of sp³-hybridized carbons (Fsp3) is 0.583. The minimum Gasteiger partial charge on any atom is -0.481 e. The van der Waals surface area contributed by atoms with Gasteiger partial charge in [-0.15, -0.1) is 0 Å². The Hall–Kier alpha value is -1.85. The summed E-state index contributed by atoms with van der Waals surface area (Å²) in [5, 5.41) is 18.0. The van der Waals surface area contributed by atoms with Gasteiger partial charge in [-0.1, -0.05) is 20.8 Å². The number of amides is 1. The van der Waals surface area contributed by atoms with Gasteiger partial charge in [0.25, 0.3) is 5.91 Å². The number of hydrogen-bond donors (Lipinski definition) is 3. The second kappa shape index (κ2) is 6.18. The van der Waals surface area contributed by atoms with Crippen molar-refractivity contribution < 1.29 is 14.7 Å². The predicted octanol–water partition coefficient (Wildman–Crippen LogP) is 1.37. The summed E-state index contributed by atoms with van der Waals surface area (Å²) in [4.78, 5) is 22.2. The lowest BCUT2D eigenvalue weighted by Gasteiger charge is -2.08. The van der Waals surface area contributed by atoms with Crippen molar-refractivity contribution in [2.75, 3.05) is 6.54 Å². The van der Waals surface area contributed by atoms with Crippen molar-refractivity contribution in [2.45, 2.75) is 33.1 Å². The zero-order chi connectivity index (χ0) is 13.7. The summed E-state index contributed by atoms with van der Waals surface area (Å²) in [5.74, 6) is -0.964. The first-order valence-corrected chi connectivity index (χ1v) is 5.95. The first-order valence-electron chi connectivity index (χ1n) is 5.95. The topological polar surface area (TPSA) is 95.1 Å². The Bertz CT molecular complexity index is 426. The van der Waals surface area contributed by atoms with E-state index >= 15 is 0 Å². The van der Waals surface area contributed by atoms with E-state index in [9.17, 15) is 9.59 Å². The minimum absolute atomic E-state index is 0.0398. The molecule has 1 rings (SSSR count). The fourth-order valence-corrected chi connectivity index (χ4v) is 1.48. The predicted molar refractivity (Wildman–Crippen MR) is 66.4 cm³/mol. The van der Waals surface area contributed by atoms with E-state index in [1.165, 1.54) is 0 Å². The van der Waals surface area contributed by atoms with E-state index in [2.05, 4.69) is 15.5 Å². The van der Waals surface area contributed by atoms with Crippen LogP contribution in [0.25, 0.3) is 0 Å². The van der Waals surface area contributed by atoms with Crippen molar-refractivity contribution in [2.24, 2.45) is 5.92 Å². The average Bonchev–Trinajstić information content (AvgIpc) is 2.74. The van der Waals surface area contributed by atoms with Crippen LogP contribution >= 0.6 is 0 Å². The first-order chi connectivity index (χ1) is 8.40. The Kier molecular flexibility index (Phi) is 4.88. The van der Waals surface area contributed by atoms with Gasteiger partial charge in [0.2, 0.25) is 0 Å². The van der Waals surface area contributed by atoms with Crippen LogP contribution in [0.3, 0.4) is 0 Å². The van der Waals surface area contributed by atoms with Gasteiger partial charge in [-0.3, -0.25) is 14.7 Å². The normalized spacial score (nSPS) is 12.4. The van der Waals surface area contributed by atoms with E-state index in [4.69, 9.17) is 5.11 Å². The number of carbonyl (C=O) groups is 2. The number of carboxylic acids is 1. The molecule has 1 heterocycles. The molecule has 6 nitrogen and oxygen atoms in total. The van der Waals surface area contributed by atoms with Gasteiger partial charge in [-0.2, -0.15) is 5.10 Å². The number of nitrogens with one attached hydrogen (secondary N) is 2. The SMILES string of the molecule is CC(CNC(=O)c1cc(C(C)C)[nH]n1)CC(=O)O. The minimum atomic E-state index is -0.862. The van der Waals surface area contributed by atoms with E-state index in [0.29, 0.717) is 12.2 Å². The van der Waals surface area contributed by atoms with Crippen molar-refractivity contribution in [3.8, 4) is 0 Å². The molecule has 0 bridgehead atoms. The van der Waals surface area contributed by atoms with E-state index in [1.54, 1.807) is 13.0 Å². The molecule has 0 spiro atoms. The highest BCUT2D eigenvalue weighted by molar-refractivity contribution is 5.92. The Labute approximate surface area is 106 Å². The first kappa shape index (κ1) is 14.2. The van der Waals surface area contributed by atoms with Crippen molar-refractivity contribution >= 4 is 11.9 Å². The summed E-state index contributed by atoms with van der Waals surface area (Å²) in [6, 6.07) is 1.71. The van der Waals surface area contributed by atoms with Crippen molar-refractivity contribution in [3.05, 3.63) is 17.5 Å². The van der Waals surface area contributed by atoms with Gasteiger partial charge in [0, 0.05) is 18.7 Å². The molecule has 6 heteroatoms. The molecule has 1 atom stereocenters.